The standard InChI is InChI=1S/C31H56O6Si2/c1-13-14-15-16-27(32)36-28-26(37-39(11,12)30(5,6)7)22-34-31(28,23-35-38(9,10)29(2,3)4)21-24-17-19-25(33-8)20-18-24/h17-20,26,28H,13-16,21-23H2,1-12H3/t26-,28+,31-/m1/s1. The molecule has 2 rings (SSSR count). The summed E-state index contributed by atoms with van der Waals surface area (Å²) in [5.41, 5.74) is 0.229. The molecule has 0 N–H and O–H groups in total. The minimum absolute atomic E-state index is 0.0154. The van der Waals surface area contributed by atoms with E-state index in [1.807, 2.05) is 12.1 Å². The number of hydrogen-bond donors (Lipinski definition) is 0. The Morgan fingerprint density at radius 3 is 2.08 bits per heavy atom. The van der Waals surface area contributed by atoms with Crippen LogP contribution in [0.5, 0.6) is 5.75 Å². The number of ether oxygens (including phenoxy) is 3. The molecule has 0 spiro atoms. The summed E-state index contributed by atoms with van der Waals surface area (Å²) in [5, 5.41) is 0.0534. The molecule has 1 aliphatic rings. The van der Waals surface area contributed by atoms with E-state index in [1.165, 1.54) is 0 Å². The van der Waals surface area contributed by atoms with Gasteiger partial charge in [0.05, 0.1) is 20.3 Å². The summed E-state index contributed by atoms with van der Waals surface area (Å²) in [4.78, 5) is 13.2. The zero-order valence-corrected chi connectivity index (χ0v) is 28.9. The molecule has 1 aliphatic heterocycles. The van der Waals surface area contributed by atoms with Gasteiger partial charge in [0.1, 0.15) is 17.5 Å². The van der Waals surface area contributed by atoms with Crippen molar-refractivity contribution < 1.29 is 27.9 Å². The van der Waals surface area contributed by atoms with E-state index in [4.69, 9.17) is 23.1 Å². The Balaban J connectivity index is 2.51. The zero-order chi connectivity index (χ0) is 29.7. The second-order valence-corrected chi connectivity index (χ2v) is 23.8. The molecule has 0 radical (unpaired) electrons. The normalized spacial score (nSPS) is 22.7. The maximum absolute atomic E-state index is 13.2. The Labute approximate surface area is 240 Å². The van der Waals surface area contributed by atoms with Crippen molar-refractivity contribution in [2.75, 3.05) is 20.3 Å². The van der Waals surface area contributed by atoms with Crippen molar-refractivity contribution in [3.8, 4) is 5.75 Å². The van der Waals surface area contributed by atoms with E-state index in [1.54, 1.807) is 7.11 Å². The number of unbranched alkanes of at least 4 members (excludes halogenated alkanes) is 2. The first-order valence-electron chi connectivity index (χ1n) is 14.7. The molecule has 0 amide bonds. The number of hydrogen-bond acceptors (Lipinski definition) is 6. The van der Waals surface area contributed by atoms with E-state index >= 15 is 0 Å². The predicted octanol–water partition coefficient (Wildman–Crippen LogP) is 7.91. The fraction of sp³-hybridized carbons (Fsp3) is 0.774. The van der Waals surface area contributed by atoms with Crippen molar-refractivity contribution in [3.05, 3.63) is 29.8 Å². The first-order valence-corrected chi connectivity index (χ1v) is 20.5. The van der Waals surface area contributed by atoms with E-state index in [0.29, 0.717) is 26.1 Å². The highest BCUT2D eigenvalue weighted by molar-refractivity contribution is 6.74. The third kappa shape index (κ3) is 8.89. The summed E-state index contributed by atoms with van der Waals surface area (Å²) >= 11 is 0. The molecule has 1 saturated heterocycles. The first kappa shape index (κ1) is 34.0. The maximum Gasteiger partial charge on any atom is 0.306 e. The minimum Gasteiger partial charge on any atom is -0.497 e. The number of carbonyl (C=O) groups excluding carboxylic acids is 1. The number of methoxy groups -OCH3 is 1. The monoisotopic (exact) mass is 580 g/mol. The topological polar surface area (TPSA) is 63.2 Å². The molecule has 39 heavy (non-hydrogen) atoms. The maximum atomic E-state index is 13.2. The fourth-order valence-electron chi connectivity index (χ4n) is 4.25. The summed E-state index contributed by atoms with van der Waals surface area (Å²) in [6.45, 7) is 25.2. The Hall–Kier alpha value is -1.20. The molecule has 0 unspecified atom stereocenters. The lowest BCUT2D eigenvalue weighted by Crippen LogP contribution is -2.56. The van der Waals surface area contributed by atoms with Gasteiger partial charge in [-0.15, -0.1) is 0 Å². The minimum atomic E-state index is -2.17. The van der Waals surface area contributed by atoms with Crippen LogP contribution in [0.2, 0.25) is 36.3 Å². The van der Waals surface area contributed by atoms with Crippen molar-refractivity contribution >= 4 is 22.6 Å². The average Bonchev–Trinajstić information content (AvgIpc) is 3.13. The van der Waals surface area contributed by atoms with Crippen LogP contribution in [0.15, 0.2) is 24.3 Å². The van der Waals surface area contributed by atoms with E-state index in [0.717, 1.165) is 30.6 Å². The Morgan fingerprint density at radius 1 is 0.974 bits per heavy atom. The highest BCUT2D eigenvalue weighted by atomic mass is 28.4. The predicted molar refractivity (Wildman–Crippen MR) is 165 cm³/mol. The number of carbonyl (C=O) groups is 1. The van der Waals surface area contributed by atoms with Crippen molar-refractivity contribution in [1.29, 1.82) is 0 Å². The third-order valence-electron chi connectivity index (χ3n) is 9.03. The van der Waals surface area contributed by atoms with Gasteiger partial charge >= 0.3 is 5.97 Å². The lowest BCUT2D eigenvalue weighted by molar-refractivity contribution is -0.166. The molecule has 0 bridgehead atoms. The molecule has 6 nitrogen and oxygen atoms in total. The quantitative estimate of drug-likeness (QED) is 0.134. The second kappa shape index (κ2) is 13.2. The highest BCUT2D eigenvalue weighted by Crippen LogP contribution is 2.44. The molecule has 0 saturated carbocycles. The van der Waals surface area contributed by atoms with E-state index in [2.05, 4.69) is 86.8 Å². The van der Waals surface area contributed by atoms with Crippen molar-refractivity contribution in [1.82, 2.24) is 0 Å². The lowest BCUT2D eigenvalue weighted by atomic mass is 9.88. The van der Waals surface area contributed by atoms with Crippen LogP contribution in [-0.4, -0.2) is 60.7 Å². The van der Waals surface area contributed by atoms with Crippen LogP contribution in [0.1, 0.15) is 79.7 Å². The van der Waals surface area contributed by atoms with Crippen molar-refractivity contribution in [3.63, 3.8) is 0 Å². The first-order chi connectivity index (χ1) is 17.9. The van der Waals surface area contributed by atoms with Gasteiger partial charge in [0.15, 0.2) is 22.7 Å². The molecule has 0 aliphatic carbocycles. The van der Waals surface area contributed by atoms with Gasteiger partial charge < -0.3 is 23.1 Å². The van der Waals surface area contributed by atoms with Crippen LogP contribution in [0.4, 0.5) is 0 Å². The Morgan fingerprint density at radius 2 is 1.56 bits per heavy atom. The molecule has 0 aromatic heterocycles. The van der Waals surface area contributed by atoms with Gasteiger partial charge in [-0.05, 0) is 60.4 Å². The molecule has 3 atom stereocenters. The summed E-state index contributed by atoms with van der Waals surface area (Å²) in [5.74, 6) is 0.616. The second-order valence-electron chi connectivity index (χ2n) is 14.2. The summed E-state index contributed by atoms with van der Waals surface area (Å²) < 4.78 is 32.2. The van der Waals surface area contributed by atoms with E-state index in [9.17, 15) is 4.79 Å². The smallest absolute Gasteiger partial charge is 0.306 e. The Kier molecular flexibility index (Phi) is 11.5. The molecule has 8 heteroatoms. The van der Waals surface area contributed by atoms with Crippen LogP contribution >= 0.6 is 0 Å². The van der Waals surface area contributed by atoms with Gasteiger partial charge in [-0.1, -0.05) is 73.4 Å². The highest BCUT2D eigenvalue weighted by Gasteiger charge is 2.56. The number of esters is 1. The summed E-state index contributed by atoms with van der Waals surface area (Å²) in [6.07, 6.45) is 2.93. The zero-order valence-electron chi connectivity index (χ0n) is 26.9. The molecular formula is C31H56O6Si2. The largest absolute Gasteiger partial charge is 0.497 e. The van der Waals surface area contributed by atoms with Gasteiger partial charge in [-0.25, -0.2) is 0 Å². The van der Waals surface area contributed by atoms with Crippen LogP contribution in [0.3, 0.4) is 0 Å². The fourth-order valence-corrected chi connectivity index (χ4v) is 6.59. The Bertz CT molecular complexity index is 916. The summed E-state index contributed by atoms with van der Waals surface area (Å²) in [7, 11) is -2.62. The van der Waals surface area contributed by atoms with Gasteiger partial charge in [0.2, 0.25) is 0 Å². The van der Waals surface area contributed by atoms with Gasteiger partial charge in [-0.3, -0.25) is 4.79 Å². The molecule has 1 heterocycles. The molecular weight excluding hydrogens is 525 g/mol. The number of rotatable bonds is 13. The molecule has 1 fully saturated rings. The van der Waals surface area contributed by atoms with Crippen LogP contribution in [0.25, 0.3) is 0 Å². The van der Waals surface area contributed by atoms with Crippen molar-refractivity contribution in [2.45, 2.75) is 135 Å². The van der Waals surface area contributed by atoms with Crippen LogP contribution in [-0.2, 0) is 29.5 Å². The van der Waals surface area contributed by atoms with Gasteiger partial charge in [0, 0.05) is 12.8 Å². The number of benzene rings is 1. The van der Waals surface area contributed by atoms with Gasteiger partial charge in [-0.2, -0.15) is 0 Å². The average molecular weight is 581 g/mol. The van der Waals surface area contributed by atoms with Crippen molar-refractivity contribution in [2.24, 2.45) is 0 Å². The van der Waals surface area contributed by atoms with E-state index < -0.39 is 28.3 Å². The SMILES string of the molecule is CCCCCC(=O)O[C@H]1[C@H](O[Si](C)(C)C(C)(C)C)CO[C@@]1(CO[Si](C)(C)C(C)(C)C)Cc1ccc(OC)cc1. The third-order valence-corrected chi connectivity index (χ3v) is 18.0. The summed E-state index contributed by atoms with van der Waals surface area (Å²) in [6, 6.07) is 8.03. The molecule has 224 valence electrons. The van der Waals surface area contributed by atoms with Crippen LogP contribution in [0, 0.1) is 0 Å². The molecule has 1 aromatic carbocycles. The van der Waals surface area contributed by atoms with Crippen LogP contribution < -0.4 is 4.74 Å². The van der Waals surface area contributed by atoms with E-state index in [-0.39, 0.29) is 22.1 Å². The lowest BCUT2D eigenvalue weighted by Gasteiger charge is -2.43. The van der Waals surface area contributed by atoms with Gasteiger partial charge in [0.25, 0.3) is 0 Å². The molecule has 1 aromatic rings.